The Labute approximate surface area is 237 Å². The fourth-order valence-corrected chi connectivity index (χ4v) is 4.66. The maximum absolute atomic E-state index is 13.3. The molecule has 0 amide bonds. The lowest BCUT2D eigenvalue weighted by molar-refractivity contribution is -0.378. The molecule has 5 rings (SSSR count). The van der Waals surface area contributed by atoms with E-state index in [2.05, 4.69) is 0 Å². The van der Waals surface area contributed by atoms with Crippen LogP contribution in [-0.2, 0) is 44.6 Å². The lowest BCUT2D eigenvalue weighted by atomic mass is 9.96. The molecule has 2 fully saturated rings. The molecule has 0 bridgehead atoms. The van der Waals surface area contributed by atoms with Crippen LogP contribution in [0.15, 0.2) is 91.0 Å². The van der Waals surface area contributed by atoms with E-state index in [4.69, 9.17) is 33.2 Å². The number of hydrogen-bond acceptors (Lipinski definition) is 10. The molecule has 2 aliphatic rings. The molecule has 0 aromatic heterocycles. The highest BCUT2D eigenvalue weighted by Crippen LogP contribution is 2.37. The van der Waals surface area contributed by atoms with Crippen LogP contribution in [0.4, 0.5) is 0 Å². The zero-order valence-electron chi connectivity index (χ0n) is 22.5. The molecule has 0 saturated carbocycles. The number of ether oxygens (including phenoxy) is 7. The average molecular weight is 563 g/mol. The van der Waals surface area contributed by atoms with Gasteiger partial charge in [-0.25, -0.2) is 14.4 Å². The predicted octanol–water partition coefficient (Wildman–Crippen LogP) is 3.68. The lowest BCUT2D eigenvalue weighted by Gasteiger charge is -2.49. The molecule has 10 heteroatoms. The van der Waals surface area contributed by atoms with E-state index < -0.39 is 54.4 Å². The van der Waals surface area contributed by atoms with Gasteiger partial charge in [0.25, 0.3) is 5.79 Å². The first kappa shape index (κ1) is 28.4. The van der Waals surface area contributed by atoms with Gasteiger partial charge in [-0.1, -0.05) is 66.7 Å². The van der Waals surface area contributed by atoms with Crippen LogP contribution in [0, 0.1) is 0 Å². The predicted molar refractivity (Wildman–Crippen MR) is 142 cm³/mol. The number of esters is 3. The molecule has 10 nitrogen and oxygen atoms in total. The lowest BCUT2D eigenvalue weighted by Crippen LogP contribution is -2.68. The first-order valence-corrected chi connectivity index (χ1v) is 13.1. The van der Waals surface area contributed by atoms with E-state index in [0.29, 0.717) is 0 Å². The Bertz CT molecular complexity index is 1330. The molecule has 214 valence electrons. The summed E-state index contributed by atoms with van der Waals surface area (Å²) in [6.07, 6.45) is -5.62. The Hall–Kier alpha value is -4.09. The third kappa shape index (κ3) is 6.47. The largest absolute Gasteiger partial charge is 0.465 e. The Morgan fingerprint density at radius 2 is 1.34 bits per heavy atom. The highest BCUT2D eigenvalue weighted by molar-refractivity contribution is 5.90. The van der Waals surface area contributed by atoms with Crippen LogP contribution in [0.25, 0.3) is 0 Å². The maximum Gasteiger partial charge on any atom is 0.366 e. The van der Waals surface area contributed by atoms with Crippen molar-refractivity contribution in [1.29, 1.82) is 0 Å². The molecule has 0 spiro atoms. The molecule has 6 atom stereocenters. The fourth-order valence-electron chi connectivity index (χ4n) is 4.66. The summed E-state index contributed by atoms with van der Waals surface area (Å²) in [6.45, 7) is 1.40. The summed E-state index contributed by atoms with van der Waals surface area (Å²) in [6, 6.07) is 26.1. The number of carbonyl (C=O) groups excluding carboxylic acids is 3. The molecule has 0 aliphatic carbocycles. The van der Waals surface area contributed by atoms with E-state index >= 15 is 0 Å². The molecule has 2 heterocycles. The first-order valence-electron chi connectivity index (χ1n) is 13.1. The van der Waals surface area contributed by atoms with Gasteiger partial charge >= 0.3 is 17.9 Å². The quantitative estimate of drug-likeness (QED) is 0.297. The van der Waals surface area contributed by atoms with Crippen molar-refractivity contribution >= 4 is 17.9 Å². The van der Waals surface area contributed by atoms with Crippen LogP contribution in [0.3, 0.4) is 0 Å². The SMILES string of the molecule is COC(=O)[C@@]1(C)OC[C@H]2O[C@H](OCc3ccccc3)[C@H](OC(=O)c3ccccc3)[C@@H](OC(=O)c3ccccc3)[C@@H]2O1. The number of carbonyl (C=O) groups is 3. The van der Waals surface area contributed by atoms with Gasteiger partial charge in [-0.3, -0.25) is 0 Å². The Morgan fingerprint density at radius 1 is 0.805 bits per heavy atom. The van der Waals surface area contributed by atoms with Crippen molar-refractivity contribution in [2.45, 2.75) is 50.0 Å². The fraction of sp³-hybridized carbons (Fsp3) is 0.323. The van der Waals surface area contributed by atoms with Crippen LogP contribution in [0.5, 0.6) is 0 Å². The summed E-state index contributed by atoms with van der Waals surface area (Å²) in [5.74, 6) is -3.98. The van der Waals surface area contributed by atoms with Crippen LogP contribution in [0.1, 0.15) is 33.2 Å². The zero-order chi connectivity index (χ0) is 28.8. The molecule has 0 radical (unpaired) electrons. The maximum atomic E-state index is 13.3. The van der Waals surface area contributed by atoms with Crippen LogP contribution < -0.4 is 0 Å². The molecular formula is C31H30O10. The molecule has 0 unspecified atom stereocenters. The number of rotatable bonds is 8. The van der Waals surface area contributed by atoms with Gasteiger partial charge in [0.1, 0.15) is 12.2 Å². The van der Waals surface area contributed by atoms with Gasteiger partial charge in [-0.15, -0.1) is 0 Å². The normalized spacial score (nSPS) is 27.2. The van der Waals surface area contributed by atoms with E-state index in [1.54, 1.807) is 60.7 Å². The second kappa shape index (κ2) is 12.6. The molecule has 0 N–H and O–H groups in total. The van der Waals surface area contributed by atoms with Crippen LogP contribution in [-0.4, -0.2) is 68.1 Å². The summed E-state index contributed by atoms with van der Waals surface area (Å²) in [5, 5.41) is 0. The van der Waals surface area contributed by atoms with Gasteiger partial charge in [0.2, 0.25) is 0 Å². The van der Waals surface area contributed by atoms with Gasteiger partial charge < -0.3 is 33.2 Å². The summed E-state index contributed by atoms with van der Waals surface area (Å²) >= 11 is 0. The molecule has 3 aromatic rings. The van der Waals surface area contributed by atoms with E-state index in [1.807, 2.05) is 30.3 Å². The Kier molecular flexibility index (Phi) is 8.75. The van der Waals surface area contributed by atoms with Crippen LogP contribution in [0.2, 0.25) is 0 Å². The van der Waals surface area contributed by atoms with E-state index in [0.717, 1.165) is 5.56 Å². The molecule has 41 heavy (non-hydrogen) atoms. The topological polar surface area (TPSA) is 116 Å². The second-order valence-corrected chi connectivity index (χ2v) is 9.64. The van der Waals surface area contributed by atoms with Crippen molar-refractivity contribution in [1.82, 2.24) is 0 Å². The number of hydrogen-bond donors (Lipinski definition) is 0. The van der Waals surface area contributed by atoms with Crippen LogP contribution >= 0.6 is 0 Å². The minimum absolute atomic E-state index is 0.111. The standard InChI is InChI=1S/C31H30O10/c1-31(30(34)35-2)37-19-23-24(41-31)25(39-27(32)21-14-8-4-9-15-21)26(40-28(33)22-16-10-5-11-17-22)29(38-23)36-18-20-12-6-3-7-13-20/h3-17,23-26,29H,18-19H2,1-2H3/t23-,24-,25+,26-,29+,31+/m1/s1. The minimum Gasteiger partial charge on any atom is -0.465 e. The Morgan fingerprint density at radius 3 is 1.90 bits per heavy atom. The Balaban J connectivity index is 1.50. The van der Waals surface area contributed by atoms with Crippen molar-refractivity contribution in [3.8, 4) is 0 Å². The first-order chi connectivity index (χ1) is 19.9. The number of benzene rings is 3. The average Bonchev–Trinajstić information content (AvgIpc) is 3.02. The van der Waals surface area contributed by atoms with Gasteiger partial charge in [-0.05, 0) is 29.8 Å². The monoisotopic (exact) mass is 562 g/mol. The van der Waals surface area contributed by atoms with Crippen molar-refractivity contribution in [3.63, 3.8) is 0 Å². The van der Waals surface area contributed by atoms with Crippen molar-refractivity contribution < 1.29 is 47.5 Å². The van der Waals surface area contributed by atoms with Gasteiger partial charge in [0, 0.05) is 6.92 Å². The van der Waals surface area contributed by atoms with Gasteiger partial charge in [0.05, 0.1) is 31.5 Å². The van der Waals surface area contributed by atoms with Gasteiger partial charge in [-0.2, -0.15) is 0 Å². The third-order valence-electron chi connectivity index (χ3n) is 6.79. The number of methoxy groups -OCH3 is 1. The smallest absolute Gasteiger partial charge is 0.366 e. The summed E-state index contributed by atoms with van der Waals surface area (Å²) < 4.78 is 40.8. The highest BCUT2D eigenvalue weighted by Gasteiger charge is 2.58. The summed E-state index contributed by atoms with van der Waals surface area (Å²) in [5.41, 5.74) is 1.39. The van der Waals surface area contributed by atoms with Crippen molar-refractivity contribution in [2.24, 2.45) is 0 Å². The zero-order valence-corrected chi connectivity index (χ0v) is 22.5. The highest BCUT2D eigenvalue weighted by atomic mass is 16.8. The van der Waals surface area contributed by atoms with E-state index in [9.17, 15) is 14.4 Å². The van der Waals surface area contributed by atoms with Gasteiger partial charge in [0.15, 0.2) is 18.5 Å². The molecular weight excluding hydrogens is 532 g/mol. The van der Waals surface area contributed by atoms with Crippen molar-refractivity contribution in [2.75, 3.05) is 13.7 Å². The minimum atomic E-state index is -1.82. The van der Waals surface area contributed by atoms with E-state index in [-0.39, 0.29) is 24.3 Å². The summed E-state index contributed by atoms with van der Waals surface area (Å²) in [7, 11) is 1.20. The van der Waals surface area contributed by atoms with E-state index in [1.165, 1.54) is 14.0 Å². The summed E-state index contributed by atoms with van der Waals surface area (Å²) in [4.78, 5) is 39.1. The molecule has 3 aromatic carbocycles. The molecule has 2 aliphatic heterocycles. The van der Waals surface area contributed by atoms with Crippen molar-refractivity contribution in [3.05, 3.63) is 108 Å². The second-order valence-electron chi connectivity index (χ2n) is 9.64. The number of fused-ring (bicyclic) bond motifs is 1. The molecule has 2 saturated heterocycles. The third-order valence-corrected chi connectivity index (χ3v) is 6.79.